The number of aromatic nitrogens is 2. The van der Waals surface area contributed by atoms with Gasteiger partial charge in [-0.05, 0) is 13.8 Å². The molecule has 0 unspecified atom stereocenters. The van der Waals surface area contributed by atoms with Crippen LogP contribution in [0.15, 0.2) is 6.33 Å². The molecule has 1 aromatic heterocycles. The van der Waals surface area contributed by atoms with Gasteiger partial charge in [0, 0.05) is 11.1 Å². The number of imidazole rings is 1. The smallest absolute Gasteiger partial charge is 0.157 e. The van der Waals surface area contributed by atoms with Crippen LogP contribution < -0.4 is 0 Å². The first kappa shape index (κ1) is 11.0. The minimum absolute atomic E-state index is 0.234. The number of carbonyl (C=O) groups excluding carboxylic acids is 1. The van der Waals surface area contributed by atoms with Gasteiger partial charge in [0.15, 0.2) is 5.78 Å². The summed E-state index contributed by atoms with van der Waals surface area (Å²) in [4.78, 5) is 15.9. The molecular formula is C11H18N2O. The Kier molecular flexibility index (Phi) is 2.79. The van der Waals surface area contributed by atoms with E-state index >= 15 is 0 Å². The van der Waals surface area contributed by atoms with Crippen LogP contribution in [0.2, 0.25) is 0 Å². The zero-order chi connectivity index (χ0) is 10.9. The number of nitrogens with zero attached hydrogens (tertiary/aromatic N) is 2. The fourth-order valence-electron chi connectivity index (χ4n) is 1.10. The Morgan fingerprint density at radius 3 is 2.36 bits per heavy atom. The Hall–Kier alpha value is -1.12. The van der Waals surface area contributed by atoms with Gasteiger partial charge in [0.1, 0.15) is 0 Å². The number of hydrogen-bond donors (Lipinski definition) is 0. The van der Waals surface area contributed by atoms with Crippen molar-refractivity contribution in [2.75, 3.05) is 0 Å². The predicted molar refractivity (Wildman–Crippen MR) is 56.2 cm³/mol. The zero-order valence-corrected chi connectivity index (χ0v) is 9.59. The van der Waals surface area contributed by atoms with Crippen molar-refractivity contribution in [1.29, 1.82) is 0 Å². The van der Waals surface area contributed by atoms with Crippen molar-refractivity contribution >= 4 is 5.78 Å². The molecule has 14 heavy (non-hydrogen) atoms. The Morgan fingerprint density at radius 1 is 1.43 bits per heavy atom. The summed E-state index contributed by atoms with van der Waals surface area (Å²) < 4.78 is 1.91. The van der Waals surface area contributed by atoms with E-state index < -0.39 is 0 Å². The molecule has 1 heterocycles. The minimum Gasteiger partial charge on any atom is -0.327 e. The summed E-state index contributed by atoms with van der Waals surface area (Å²) in [5.74, 6) is 0.234. The molecule has 1 aromatic rings. The van der Waals surface area contributed by atoms with E-state index in [4.69, 9.17) is 0 Å². The number of carbonyl (C=O) groups is 1. The van der Waals surface area contributed by atoms with Crippen LogP contribution in [0.3, 0.4) is 0 Å². The molecule has 0 bridgehead atoms. The lowest BCUT2D eigenvalue weighted by Crippen LogP contribution is -2.25. The number of rotatable bonds is 2. The lowest BCUT2D eigenvalue weighted by molar-refractivity contribution is -0.126. The van der Waals surface area contributed by atoms with Crippen molar-refractivity contribution in [3.8, 4) is 0 Å². The molecule has 0 aliphatic heterocycles. The average Bonchev–Trinajstić information content (AvgIpc) is 2.34. The molecule has 0 atom stereocenters. The van der Waals surface area contributed by atoms with Gasteiger partial charge in [-0.1, -0.05) is 20.8 Å². The molecule has 1 rings (SSSR count). The second-order valence-corrected chi connectivity index (χ2v) is 4.72. The van der Waals surface area contributed by atoms with Crippen LogP contribution in [0, 0.1) is 19.3 Å². The van der Waals surface area contributed by atoms with Gasteiger partial charge in [0.2, 0.25) is 0 Å². The van der Waals surface area contributed by atoms with Gasteiger partial charge in [-0.2, -0.15) is 0 Å². The molecule has 0 saturated carbocycles. The van der Waals surface area contributed by atoms with Gasteiger partial charge in [-0.3, -0.25) is 4.79 Å². The van der Waals surface area contributed by atoms with Crippen molar-refractivity contribution in [3.63, 3.8) is 0 Å². The average molecular weight is 194 g/mol. The molecule has 3 nitrogen and oxygen atoms in total. The van der Waals surface area contributed by atoms with Crippen molar-refractivity contribution in [2.45, 2.75) is 41.2 Å². The molecule has 0 saturated heterocycles. The first-order chi connectivity index (χ1) is 6.32. The van der Waals surface area contributed by atoms with Crippen LogP contribution in [0.25, 0.3) is 0 Å². The van der Waals surface area contributed by atoms with E-state index in [-0.39, 0.29) is 11.2 Å². The first-order valence-corrected chi connectivity index (χ1v) is 4.84. The second kappa shape index (κ2) is 3.56. The molecule has 3 heteroatoms. The van der Waals surface area contributed by atoms with Crippen LogP contribution in [-0.4, -0.2) is 15.3 Å². The minimum atomic E-state index is -0.273. The normalized spacial score (nSPS) is 11.8. The van der Waals surface area contributed by atoms with Crippen LogP contribution in [0.5, 0.6) is 0 Å². The van der Waals surface area contributed by atoms with Gasteiger partial charge in [0.05, 0.1) is 18.6 Å². The summed E-state index contributed by atoms with van der Waals surface area (Å²) in [5.41, 5.74) is 1.79. The summed E-state index contributed by atoms with van der Waals surface area (Å²) in [5, 5.41) is 0. The van der Waals surface area contributed by atoms with E-state index in [2.05, 4.69) is 4.98 Å². The Morgan fingerprint density at radius 2 is 2.00 bits per heavy atom. The molecule has 0 fully saturated rings. The van der Waals surface area contributed by atoms with E-state index in [0.717, 1.165) is 11.4 Å². The Bertz CT molecular complexity index is 345. The highest BCUT2D eigenvalue weighted by atomic mass is 16.1. The van der Waals surface area contributed by atoms with E-state index in [1.54, 1.807) is 6.33 Å². The number of ketones is 1. The molecule has 0 aromatic carbocycles. The summed E-state index contributed by atoms with van der Waals surface area (Å²) in [6.45, 7) is 10.2. The third-order valence-corrected chi connectivity index (χ3v) is 2.50. The fraction of sp³-hybridized carbons (Fsp3) is 0.636. The topological polar surface area (TPSA) is 34.9 Å². The standard InChI is InChI=1S/C11H18N2O/c1-8-9(2)13(7-12-8)6-10(14)11(3,4)5/h7H,6H2,1-5H3. The molecule has 0 aliphatic rings. The largest absolute Gasteiger partial charge is 0.327 e. The maximum absolute atomic E-state index is 11.7. The zero-order valence-electron chi connectivity index (χ0n) is 9.59. The second-order valence-electron chi connectivity index (χ2n) is 4.72. The molecule has 0 amide bonds. The van der Waals surface area contributed by atoms with Gasteiger partial charge in [0.25, 0.3) is 0 Å². The van der Waals surface area contributed by atoms with Gasteiger partial charge >= 0.3 is 0 Å². The Labute approximate surface area is 85.2 Å². The third kappa shape index (κ3) is 2.22. The van der Waals surface area contributed by atoms with Crippen LogP contribution in [-0.2, 0) is 11.3 Å². The van der Waals surface area contributed by atoms with Crippen LogP contribution >= 0.6 is 0 Å². The van der Waals surface area contributed by atoms with E-state index in [1.165, 1.54) is 0 Å². The molecule has 0 N–H and O–H groups in total. The van der Waals surface area contributed by atoms with Crippen LogP contribution in [0.4, 0.5) is 0 Å². The van der Waals surface area contributed by atoms with E-state index in [1.807, 2.05) is 39.2 Å². The van der Waals surface area contributed by atoms with Crippen molar-refractivity contribution in [3.05, 3.63) is 17.7 Å². The summed E-state index contributed by atoms with van der Waals surface area (Å²) in [6, 6.07) is 0. The lowest BCUT2D eigenvalue weighted by atomic mass is 9.91. The summed E-state index contributed by atoms with van der Waals surface area (Å²) >= 11 is 0. The van der Waals surface area contributed by atoms with Crippen molar-refractivity contribution in [2.24, 2.45) is 5.41 Å². The first-order valence-electron chi connectivity index (χ1n) is 4.84. The third-order valence-electron chi connectivity index (χ3n) is 2.50. The highest BCUT2D eigenvalue weighted by Crippen LogP contribution is 2.16. The summed E-state index contributed by atoms with van der Waals surface area (Å²) in [6.07, 6.45) is 1.73. The highest BCUT2D eigenvalue weighted by molar-refractivity contribution is 5.83. The van der Waals surface area contributed by atoms with E-state index in [0.29, 0.717) is 6.54 Å². The van der Waals surface area contributed by atoms with Crippen LogP contribution in [0.1, 0.15) is 32.2 Å². The van der Waals surface area contributed by atoms with Gasteiger partial charge < -0.3 is 4.57 Å². The number of Topliss-reactive ketones (excluding diaryl/α,β-unsaturated/α-hetero) is 1. The monoisotopic (exact) mass is 194 g/mol. The maximum atomic E-state index is 11.7. The SMILES string of the molecule is Cc1ncn(CC(=O)C(C)(C)C)c1C. The van der Waals surface area contributed by atoms with Gasteiger partial charge in [-0.15, -0.1) is 0 Å². The highest BCUT2D eigenvalue weighted by Gasteiger charge is 2.21. The molecule has 0 aliphatic carbocycles. The van der Waals surface area contributed by atoms with Crippen molar-refractivity contribution < 1.29 is 4.79 Å². The Balaban J connectivity index is 2.80. The van der Waals surface area contributed by atoms with Gasteiger partial charge in [-0.25, -0.2) is 4.98 Å². The fourth-order valence-corrected chi connectivity index (χ4v) is 1.10. The number of aryl methyl sites for hydroxylation is 1. The molecule has 0 radical (unpaired) electrons. The molecular weight excluding hydrogens is 176 g/mol. The predicted octanol–water partition coefficient (Wildman–Crippen LogP) is 2.12. The summed E-state index contributed by atoms with van der Waals surface area (Å²) in [7, 11) is 0. The van der Waals surface area contributed by atoms with Crippen molar-refractivity contribution in [1.82, 2.24) is 9.55 Å². The molecule has 78 valence electrons. The van der Waals surface area contributed by atoms with E-state index in [9.17, 15) is 4.79 Å². The molecule has 0 spiro atoms. The number of hydrogen-bond acceptors (Lipinski definition) is 2. The lowest BCUT2D eigenvalue weighted by Gasteiger charge is -2.17. The maximum Gasteiger partial charge on any atom is 0.157 e. The quantitative estimate of drug-likeness (QED) is 0.722.